The second-order valence-electron chi connectivity index (χ2n) is 3.34. The number of rotatable bonds is 8. The van der Waals surface area contributed by atoms with Gasteiger partial charge in [-0.2, -0.15) is 0 Å². The Labute approximate surface area is 81.9 Å². The summed E-state index contributed by atoms with van der Waals surface area (Å²) < 4.78 is 0. The van der Waals surface area contributed by atoms with Crippen LogP contribution < -0.4 is 11.1 Å². The first kappa shape index (κ1) is 12.1. The van der Waals surface area contributed by atoms with Gasteiger partial charge < -0.3 is 11.1 Å². The Morgan fingerprint density at radius 3 is 2.31 bits per heavy atom. The molecule has 3 N–H and O–H groups in total. The molecule has 0 fully saturated rings. The van der Waals surface area contributed by atoms with E-state index in [9.17, 15) is 0 Å². The first-order valence-corrected chi connectivity index (χ1v) is 5.06. The highest BCUT2D eigenvalue weighted by atomic mass is 14.9. The first-order valence-electron chi connectivity index (χ1n) is 5.06. The van der Waals surface area contributed by atoms with Gasteiger partial charge in [0.25, 0.3) is 0 Å². The van der Waals surface area contributed by atoms with Gasteiger partial charge >= 0.3 is 0 Å². The molecule has 0 bridgehead atoms. The Hall–Kier alpha value is -0.920. The van der Waals surface area contributed by atoms with E-state index in [-0.39, 0.29) is 0 Å². The average Bonchev–Trinajstić information content (AvgIpc) is 2.10. The summed E-state index contributed by atoms with van der Waals surface area (Å²) in [5.74, 6) is 0. The fraction of sp³-hybridized carbons (Fsp3) is 0.636. The zero-order chi connectivity index (χ0) is 10.1. The predicted molar refractivity (Wildman–Crippen MR) is 59.2 cm³/mol. The minimum atomic E-state index is 0.536. The minimum Gasteiger partial charge on any atom is -0.398 e. The van der Waals surface area contributed by atoms with Gasteiger partial charge in [0.15, 0.2) is 0 Å². The largest absolute Gasteiger partial charge is 0.398 e. The van der Waals surface area contributed by atoms with E-state index in [0.29, 0.717) is 5.70 Å². The van der Waals surface area contributed by atoms with E-state index >= 15 is 0 Å². The van der Waals surface area contributed by atoms with Crippen molar-refractivity contribution in [1.82, 2.24) is 5.32 Å². The highest BCUT2D eigenvalue weighted by Gasteiger charge is 1.93. The van der Waals surface area contributed by atoms with Gasteiger partial charge in [0, 0.05) is 17.9 Å². The zero-order valence-electron chi connectivity index (χ0n) is 8.73. The molecule has 0 aromatic rings. The van der Waals surface area contributed by atoms with Crippen molar-refractivity contribution in [2.45, 2.75) is 39.0 Å². The summed E-state index contributed by atoms with van der Waals surface area (Å²) in [6.45, 7) is 10.5. The van der Waals surface area contributed by atoms with Crippen molar-refractivity contribution in [2.24, 2.45) is 5.73 Å². The third-order valence-electron chi connectivity index (χ3n) is 2.01. The smallest absolute Gasteiger partial charge is 0.0494 e. The lowest BCUT2D eigenvalue weighted by Crippen LogP contribution is -2.18. The van der Waals surface area contributed by atoms with Crippen LogP contribution in [0.4, 0.5) is 0 Å². The number of hydrogen-bond acceptors (Lipinski definition) is 2. The predicted octanol–water partition coefficient (Wildman–Crippen LogP) is 2.53. The van der Waals surface area contributed by atoms with Crippen LogP contribution in [0.2, 0.25) is 0 Å². The van der Waals surface area contributed by atoms with Crippen LogP contribution in [0.25, 0.3) is 0 Å². The van der Waals surface area contributed by atoms with Crippen molar-refractivity contribution >= 4 is 0 Å². The van der Waals surface area contributed by atoms with Crippen molar-refractivity contribution in [2.75, 3.05) is 6.54 Å². The Kier molecular flexibility index (Phi) is 7.17. The van der Waals surface area contributed by atoms with E-state index in [1.807, 2.05) is 0 Å². The van der Waals surface area contributed by atoms with Crippen LogP contribution in [0.1, 0.15) is 39.0 Å². The number of nitrogens with one attached hydrogen (secondary N) is 1. The second-order valence-corrected chi connectivity index (χ2v) is 3.34. The van der Waals surface area contributed by atoms with E-state index in [1.165, 1.54) is 32.1 Å². The number of nitrogens with two attached hydrogens (primary N) is 1. The van der Waals surface area contributed by atoms with E-state index in [1.54, 1.807) is 0 Å². The Morgan fingerprint density at radius 2 is 1.77 bits per heavy atom. The molecule has 0 spiro atoms. The van der Waals surface area contributed by atoms with E-state index in [2.05, 4.69) is 25.4 Å². The highest BCUT2D eigenvalue weighted by Crippen LogP contribution is 2.02. The molecule has 0 amide bonds. The lowest BCUT2D eigenvalue weighted by molar-refractivity contribution is 0.613. The maximum Gasteiger partial charge on any atom is 0.0494 e. The second kappa shape index (κ2) is 7.71. The van der Waals surface area contributed by atoms with Crippen molar-refractivity contribution in [1.29, 1.82) is 0 Å². The maximum absolute atomic E-state index is 5.44. The third kappa shape index (κ3) is 7.44. The molecule has 0 aliphatic carbocycles. The molecule has 0 aliphatic rings. The van der Waals surface area contributed by atoms with Crippen LogP contribution in [0.3, 0.4) is 0 Å². The quantitative estimate of drug-likeness (QED) is 0.447. The van der Waals surface area contributed by atoms with Gasteiger partial charge in [-0.3, -0.25) is 0 Å². The van der Waals surface area contributed by atoms with Gasteiger partial charge in [-0.1, -0.05) is 45.8 Å². The summed E-state index contributed by atoms with van der Waals surface area (Å²) in [6.07, 6.45) is 6.43. The summed E-state index contributed by atoms with van der Waals surface area (Å²) in [5.41, 5.74) is 6.74. The third-order valence-corrected chi connectivity index (χ3v) is 2.01. The van der Waals surface area contributed by atoms with Crippen molar-refractivity contribution < 1.29 is 0 Å². The zero-order valence-corrected chi connectivity index (χ0v) is 8.73. The normalized spacial score (nSPS) is 9.62. The Morgan fingerprint density at radius 1 is 1.15 bits per heavy atom. The van der Waals surface area contributed by atoms with Crippen molar-refractivity contribution in [3.63, 3.8) is 0 Å². The summed E-state index contributed by atoms with van der Waals surface area (Å²) >= 11 is 0. The number of unbranched alkanes of at least 4 members (excludes halogenated alkanes) is 4. The van der Waals surface area contributed by atoms with Crippen LogP contribution in [0.5, 0.6) is 0 Å². The Balaban J connectivity index is 3.16. The molecule has 0 saturated heterocycles. The molecule has 0 rings (SSSR count). The topological polar surface area (TPSA) is 38.0 Å². The number of hydrogen-bond donors (Lipinski definition) is 2. The molecule has 0 aromatic carbocycles. The van der Waals surface area contributed by atoms with Gasteiger partial charge in [-0.05, 0) is 6.42 Å². The fourth-order valence-electron chi connectivity index (χ4n) is 1.08. The van der Waals surface area contributed by atoms with Crippen molar-refractivity contribution in [3.05, 3.63) is 24.6 Å². The van der Waals surface area contributed by atoms with Gasteiger partial charge in [0.1, 0.15) is 0 Å². The van der Waals surface area contributed by atoms with Crippen LogP contribution in [0, 0.1) is 0 Å². The molecule has 13 heavy (non-hydrogen) atoms. The van der Waals surface area contributed by atoms with Gasteiger partial charge in [0.05, 0.1) is 0 Å². The molecule has 0 unspecified atom stereocenters. The molecule has 0 heterocycles. The van der Waals surface area contributed by atoms with Crippen LogP contribution in [-0.4, -0.2) is 6.54 Å². The molecule has 0 saturated carbocycles. The average molecular weight is 182 g/mol. The van der Waals surface area contributed by atoms with Crippen LogP contribution in [0.15, 0.2) is 24.6 Å². The lowest BCUT2D eigenvalue weighted by Gasteiger charge is -2.08. The summed E-state index contributed by atoms with van der Waals surface area (Å²) in [4.78, 5) is 0. The molecule has 0 atom stereocenters. The maximum atomic E-state index is 5.44. The summed E-state index contributed by atoms with van der Waals surface area (Å²) in [7, 11) is 0. The highest BCUT2D eigenvalue weighted by molar-refractivity contribution is 5.19. The standard InChI is InChI=1S/C11H22N2/c1-4-5-6-7-8-9-13-11(3)10(2)12/h13H,2-9,12H2,1H3. The molecule has 2 nitrogen and oxygen atoms in total. The molecule has 0 aliphatic heterocycles. The summed E-state index contributed by atoms with van der Waals surface area (Å²) in [6, 6.07) is 0. The van der Waals surface area contributed by atoms with Crippen molar-refractivity contribution in [3.8, 4) is 0 Å². The fourth-order valence-corrected chi connectivity index (χ4v) is 1.08. The van der Waals surface area contributed by atoms with E-state index in [4.69, 9.17) is 5.73 Å². The minimum absolute atomic E-state index is 0.536. The van der Waals surface area contributed by atoms with Gasteiger partial charge in [-0.15, -0.1) is 0 Å². The van der Waals surface area contributed by atoms with Crippen LogP contribution in [-0.2, 0) is 0 Å². The Bertz CT molecular complexity index is 161. The van der Waals surface area contributed by atoms with Gasteiger partial charge in [0.2, 0.25) is 0 Å². The monoisotopic (exact) mass is 182 g/mol. The molecule has 2 heteroatoms. The molecule has 76 valence electrons. The van der Waals surface area contributed by atoms with E-state index in [0.717, 1.165) is 12.2 Å². The molecule has 0 aromatic heterocycles. The van der Waals surface area contributed by atoms with Crippen LogP contribution >= 0.6 is 0 Å². The SMILES string of the molecule is C=C(N)C(=C)NCCCCCCC. The van der Waals surface area contributed by atoms with Gasteiger partial charge in [-0.25, -0.2) is 0 Å². The lowest BCUT2D eigenvalue weighted by atomic mass is 10.1. The molecular weight excluding hydrogens is 160 g/mol. The molecule has 0 radical (unpaired) electrons. The molecular formula is C11H22N2. The first-order chi connectivity index (χ1) is 6.18. The van der Waals surface area contributed by atoms with E-state index < -0.39 is 0 Å². The summed E-state index contributed by atoms with van der Waals surface area (Å²) in [5, 5.41) is 3.14.